The van der Waals surface area contributed by atoms with Crippen LogP contribution >= 0.6 is 11.8 Å². The molecule has 0 spiro atoms. The number of carbonyl (C=O) groups excluding carboxylic acids is 2. The Morgan fingerprint density at radius 3 is 2.42 bits per heavy atom. The minimum Gasteiger partial charge on any atom is -0.349 e. The van der Waals surface area contributed by atoms with Gasteiger partial charge in [0.1, 0.15) is 0 Å². The Kier molecular flexibility index (Phi) is 7.57. The number of carbonyl (C=O) groups is 2. The molecule has 2 amide bonds. The number of aromatic nitrogens is 2. The molecule has 7 nitrogen and oxygen atoms in total. The molecule has 170 valence electrons. The molecule has 0 radical (unpaired) electrons. The fourth-order valence-electron chi connectivity index (χ4n) is 3.70. The number of hydrogen-bond acceptors (Lipinski definition) is 6. The van der Waals surface area contributed by atoms with Crippen molar-refractivity contribution in [3.05, 3.63) is 78.1 Å². The molecule has 2 N–H and O–H groups in total. The van der Waals surface area contributed by atoms with E-state index in [2.05, 4.69) is 25.5 Å². The summed E-state index contributed by atoms with van der Waals surface area (Å²) in [4.78, 5) is 36.9. The Morgan fingerprint density at radius 2 is 1.70 bits per heavy atom. The summed E-state index contributed by atoms with van der Waals surface area (Å²) in [5, 5.41) is 6.06. The quantitative estimate of drug-likeness (QED) is 0.519. The summed E-state index contributed by atoms with van der Waals surface area (Å²) in [6, 6.07) is 17.0. The molecule has 2 heterocycles. The van der Waals surface area contributed by atoms with Crippen LogP contribution in [0.25, 0.3) is 0 Å². The largest absolute Gasteiger partial charge is 0.349 e. The number of amides is 2. The van der Waals surface area contributed by atoms with Crippen molar-refractivity contribution in [2.75, 3.05) is 29.1 Å². The second kappa shape index (κ2) is 11.0. The molecule has 1 saturated heterocycles. The van der Waals surface area contributed by atoms with Crippen molar-refractivity contribution in [1.29, 1.82) is 0 Å². The summed E-state index contributed by atoms with van der Waals surface area (Å²) >= 11 is 1.37. The average molecular weight is 462 g/mol. The minimum atomic E-state index is -0.105. The van der Waals surface area contributed by atoms with E-state index in [1.54, 1.807) is 18.5 Å². The van der Waals surface area contributed by atoms with E-state index >= 15 is 0 Å². The maximum atomic E-state index is 13.0. The highest BCUT2D eigenvalue weighted by molar-refractivity contribution is 8.00. The van der Waals surface area contributed by atoms with Crippen molar-refractivity contribution in [2.45, 2.75) is 30.7 Å². The van der Waals surface area contributed by atoms with Crippen molar-refractivity contribution in [2.24, 2.45) is 0 Å². The topological polar surface area (TPSA) is 87.2 Å². The van der Waals surface area contributed by atoms with Crippen molar-refractivity contribution in [1.82, 2.24) is 15.3 Å². The maximum Gasteiger partial charge on any atom is 0.252 e. The molecule has 1 aliphatic heterocycles. The number of piperidine rings is 1. The van der Waals surface area contributed by atoms with Gasteiger partial charge in [-0.2, -0.15) is 0 Å². The molecular formula is C25H27N5O2S. The number of nitrogens with one attached hydrogen (secondary N) is 2. The molecule has 0 saturated carbocycles. The first-order valence-electron chi connectivity index (χ1n) is 11.0. The number of rotatable bonds is 7. The summed E-state index contributed by atoms with van der Waals surface area (Å²) < 4.78 is 0. The number of nitrogens with zero attached hydrogens (tertiary/aromatic N) is 3. The smallest absolute Gasteiger partial charge is 0.252 e. The average Bonchev–Trinajstić information content (AvgIpc) is 2.85. The zero-order valence-corrected chi connectivity index (χ0v) is 19.3. The number of benzene rings is 2. The first-order chi connectivity index (χ1) is 16.1. The Balaban J connectivity index is 1.30. The van der Waals surface area contributed by atoms with Gasteiger partial charge in [0, 0.05) is 42.1 Å². The number of hydrogen-bond donors (Lipinski definition) is 2. The van der Waals surface area contributed by atoms with E-state index in [1.165, 1.54) is 11.8 Å². The van der Waals surface area contributed by atoms with Crippen LogP contribution in [-0.2, 0) is 4.79 Å². The second-order valence-corrected chi connectivity index (χ2v) is 9.00. The number of aryl methyl sites for hydroxylation is 1. The van der Waals surface area contributed by atoms with Gasteiger partial charge in [0.05, 0.1) is 11.3 Å². The van der Waals surface area contributed by atoms with Crippen LogP contribution in [0, 0.1) is 6.92 Å². The third-order valence-corrected chi connectivity index (χ3v) is 6.56. The molecule has 1 aromatic heterocycles. The van der Waals surface area contributed by atoms with Gasteiger partial charge in [-0.25, -0.2) is 9.97 Å². The molecule has 2 aromatic carbocycles. The molecule has 0 aliphatic carbocycles. The summed E-state index contributed by atoms with van der Waals surface area (Å²) in [6.07, 6.45) is 5.15. The van der Waals surface area contributed by atoms with Crippen LogP contribution in [0.4, 0.5) is 11.6 Å². The van der Waals surface area contributed by atoms with Gasteiger partial charge in [-0.05, 0) is 50.1 Å². The van der Waals surface area contributed by atoms with Gasteiger partial charge in [-0.15, -0.1) is 11.8 Å². The third kappa shape index (κ3) is 6.32. The van der Waals surface area contributed by atoms with Gasteiger partial charge in [0.15, 0.2) is 0 Å². The molecule has 0 unspecified atom stereocenters. The summed E-state index contributed by atoms with van der Waals surface area (Å²) in [7, 11) is 0. The Morgan fingerprint density at radius 1 is 1.00 bits per heavy atom. The molecule has 33 heavy (non-hydrogen) atoms. The molecule has 4 rings (SSSR count). The lowest BCUT2D eigenvalue weighted by Crippen LogP contribution is -2.45. The van der Waals surface area contributed by atoms with E-state index in [4.69, 9.17) is 0 Å². The number of anilines is 2. The molecule has 1 aliphatic rings. The molecule has 8 heteroatoms. The van der Waals surface area contributed by atoms with E-state index < -0.39 is 0 Å². The van der Waals surface area contributed by atoms with E-state index in [-0.39, 0.29) is 23.6 Å². The van der Waals surface area contributed by atoms with Crippen molar-refractivity contribution in [3.63, 3.8) is 0 Å². The zero-order valence-electron chi connectivity index (χ0n) is 18.5. The fraction of sp³-hybridized carbons (Fsp3) is 0.280. The van der Waals surface area contributed by atoms with E-state index in [0.29, 0.717) is 5.56 Å². The van der Waals surface area contributed by atoms with Crippen molar-refractivity contribution < 1.29 is 9.59 Å². The van der Waals surface area contributed by atoms with Crippen LogP contribution in [0.15, 0.2) is 71.9 Å². The lowest BCUT2D eigenvalue weighted by molar-refractivity contribution is -0.113. The minimum absolute atomic E-state index is 0.0976. The van der Waals surface area contributed by atoms with Gasteiger partial charge in [-0.3, -0.25) is 9.59 Å². The van der Waals surface area contributed by atoms with Crippen LogP contribution in [0.1, 0.15) is 28.8 Å². The molecule has 3 aromatic rings. The molecule has 1 fully saturated rings. The SMILES string of the molecule is Cc1ccc(NC(=O)CSc2ccccc2C(=O)NC2CCN(c3ncccn3)CC2)cc1. The van der Waals surface area contributed by atoms with Crippen LogP contribution < -0.4 is 15.5 Å². The Bertz CT molecular complexity index is 1080. The molecule has 0 atom stereocenters. The lowest BCUT2D eigenvalue weighted by Gasteiger charge is -2.32. The zero-order chi connectivity index (χ0) is 23.0. The van der Waals surface area contributed by atoms with Crippen LogP contribution in [0.2, 0.25) is 0 Å². The van der Waals surface area contributed by atoms with Crippen molar-refractivity contribution >= 4 is 35.2 Å². The normalized spacial score (nSPS) is 14.0. The van der Waals surface area contributed by atoms with Gasteiger partial charge < -0.3 is 15.5 Å². The van der Waals surface area contributed by atoms with Crippen LogP contribution in [0.5, 0.6) is 0 Å². The van der Waals surface area contributed by atoms with E-state index in [0.717, 1.165) is 48.0 Å². The monoisotopic (exact) mass is 461 g/mol. The van der Waals surface area contributed by atoms with Crippen molar-refractivity contribution in [3.8, 4) is 0 Å². The van der Waals surface area contributed by atoms with Gasteiger partial charge >= 0.3 is 0 Å². The standard InChI is InChI=1S/C25H27N5O2S/c1-18-7-9-19(10-8-18)28-23(31)17-33-22-6-3-2-5-21(22)24(32)29-20-11-15-30(16-12-20)25-26-13-4-14-27-25/h2-10,13-14,20H,11-12,15-17H2,1H3,(H,28,31)(H,29,32). The highest BCUT2D eigenvalue weighted by Gasteiger charge is 2.23. The summed E-state index contributed by atoms with van der Waals surface area (Å²) in [5.41, 5.74) is 2.50. The van der Waals surface area contributed by atoms with Crippen LogP contribution in [0.3, 0.4) is 0 Å². The number of thioether (sulfide) groups is 1. The summed E-state index contributed by atoms with van der Waals surface area (Å²) in [6.45, 7) is 3.60. The first-order valence-corrected chi connectivity index (χ1v) is 12.0. The predicted octanol–water partition coefficient (Wildman–Crippen LogP) is 3.91. The van der Waals surface area contributed by atoms with E-state index in [1.807, 2.05) is 55.5 Å². The Hall–Kier alpha value is -3.39. The van der Waals surface area contributed by atoms with Gasteiger partial charge in [-0.1, -0.05) is 29.8 Å². The second-order valence-electron chi connectivity index (χ2n) is 7.98. The maximum absolute atomic E-state index is 13.0. The highest BCUT2D eigenvalue weighted by Crippen LogP contribution is 2.24. The third-order valence-electron chi connectivity index (χ3n) is 5.49. The first kappa shape index (κ1) is 22.8. The summed E-state index contributed by atoms with van der Waals surface area (Å²) in [5.74, 6) is 0.752. The van der Waals surface area contributed by atoms with Gasteiger partial charge in [0.2, 0.25) is 11.9 Å². The molecule has 0 bridgehead atoms. The van der Waals surface area contributed by atoms with Crippen LogP contribution in [-0.4, -0.2) is 46.7 Å². The van der Waals surface area contributed by atoms with E-state index in [9.17, 15) is 9.59 Å². The predicted molar refractivity (Wildman–Crippen MR) is 132 cm³/mol. The highest BCUT2D eigenvalue weighted by atomic mass is 32.2. The lowest BCUT2D eigenvalue weighted by atomic mass is 10.0. The van der Waals surface area contributed by atoms with Gasteiger partial charge in [0.25, 0.3) is 5.91 Å². The fourth-order valence-corrected chi connectivity index (χ4v) is 4.55. The molecular weight excluding hydrogens is 434 g/mol. The Labute approximate surface area is 198 Å².